The van der Waals surface area contributed by atoms with Crippen LogP contribution >= 0.6 is 0 Å². The summed E-state index contributed by atoms with van der Waals surface area (Å²) in [5.41, 5.74) is 2.92. The van der Waals surface area contributed by atoms with E-state index in [0.717, 1.165) is 11.1 Å². The van der Waals surface area contributed by atoms with Crippen LogP contribution in [0.2, 0.25) is 0 Å². The number of hydrogen-bond donors (Lipinski definition) is 3. The minimum Gasteiger partial charge on any atom is -0.487 e. The van der Waals surface area contributed by atoms with Crippen molar-refractivity contribution in [1.29, 1.82) is 0 Å². The Bertz CT molecular complexity index is 1000. The van der Waals surface area contributed by atoms with E-state index in [4.69, 9.17) is 14.2 Å². The molecule has 0 bridgehead atoms. The van der Waals surface area contributed by atoms with Crippen molar-refractivity contribution < 1.29 is 38.7 Å². The summed E-state index contributed by atoms with van der Waals surface area (Å²) in [6.07, 6.45) is 2.43. The van der Waals surface area contributed by atoms with Gasteiger partial charge >= 0.3 is 5.97 Å². The number of carbonyl (C=O) groups is 1. The number of halogens is 1. The topological polar surface area (TPSA) is 105 Å². The van der Waals surface area contributed by atoms with Gasteiger partial charge in [0.25, 0.3) is 0 Å². The number of benzene rings is 2. The molecule has 34 heavy (non-hydrogen) atoms. The zero-order chi connectivity index (χ0) is 24.7. The van der Waals surface area contributed by atoms with Crippen LogP contribution in [0.4, 0.5) is 4.39 Å². The third-order valence-electron chi connectivity index (χ3n) is 5.43. The molecule has 2 unspecified atom stereocenters. The smallest absolute Gasteiger partial charge is 0.309 e. The number of carbonyl (C=O) groups excluding carboxylic acids is 1. The first kappa shape index (κ1) is 25.7. The number of hydrogen-bond acceptors (Lipinski definition) is 7. The lowest BCUT2D eigenvalue weighted by atomic mass is 9.88. The van der Waals surface area contributed by atoms with E-state index in [1.54, 1.807) is 18.2 Å². The van der Waals surface area contributed by atoms with Gasteiger partial charge in [0.15, 0.2) is 11.5 Å². The number of ether oxygens (including phenoxy) is 3. The first-order valence-corrected chi connectivity index (χ1v) is 11.3. The summed E-state index contributed by atoms with van der Waals surface area (Å²) in [6, 6.07) is 7.75. The van der Waals surface area contributed by atoms with Gasteiger partial charge in [0.2, 0.25) is 0 Å². The van der Waals surface area contributed by atoms with Crippen LogP contribution in [0, 0.1) is 5.82 Å². The van der Waals surface area contributed by atoms with Gasteiger partial charge in [-0.3, -0.25) is 4.79 Å². The first-order chi connectivity index (χ1) is 16.3. The summed E-state index contributed by atoms with van der Waals surface area (Å²) >= 11 is 0. The second-order valence-corrected chi connectivity index (χ2v) is 8.37. The number of esters is 1. The van der Waals surface area contributed by atoms with Crippen LogP contribution in [-0.4, -0.2) is 59.9 Å². The van der Waals surface area contributed by atoms with Crippen LogP contribution < -0.4 is 9.47 Å². The minimum atomic E-state index is -0.769. The van der Waals surface area contributed by atoms with Gasteiger partial charge in [-0.25, -0.2) is 4.39 Å². The fourth-order valence-electron chi connectivity index (χ4n) is 3.92. The maximum atomic E-state index is 13.7. The molecule has 2 aromatic rings. The van der Waals surface area contributed by atoms with E-state index in [9.17, 15) is 24.5 Å². The van der Waals surface area contributed by atoms with Gasteiger partial charge in [0, 0.05) is 12.0 Å². The van der Waals surface area contributed by atoms with E-state index in [2.05, 4.69) is 0 Å². The van der Waals surface area contributed by atoms with Gasteiger partial charge in [-0.15, -0.1) is 0 Å². The molecular formula is C26H31FO7. The summed E-state index contributed by atoms with van der Waals surface area (Å²) in [7, 11) is 0. The highest BCUT2D eigenvalue weighted by Gasteiger charge is 2.26. The number of aliphatic hydroxyl groups excluding tert-OH is 3. The molecule has 0 aliphatic carbocycles. The average Bonchev–Trinajstić information content (AvgIpc) is 2.79. The van der Waals surface area contributed by atoms with Gasteiger partial charge in [0.05, 0.1) is 25.7 Å². The van der Waals surface area contributed by atoms with Crippen LogP contribution in [0.15, 0.2) is 36.4 Å². The molecule has 0 spiro atoms. The minimum absolute atomic E-state index is 0.000287. The third-order valence-corrected chi connectivity index (χ3v) is 5.43. The Hall–Kier alpha value is -2.94. The van der Waals surface area contributed by atoms with Gasteiger partial charge in [-0.1, -0.05) is 32.1 Å². The van der Waals surface area contributed by atoms with Gasteiger partial charge in [-0.2, -0.15) is 0 Å². The molecule has 1 aliphatic heterocycles. The zero-order valence-electron chi connectivity index (χ0n) is 19.4. The number of aliphatic hydroxyl groups is 3. The predicted octanol–water partition coefficient (Wildman–Crippen LogP) is 3.44. The van der Waals surface area contributed by atoms with Crippen molar-refractivity contribution in [2.24, 2.45) is 0 Å². The molecule has 1 fully saturated rings. The van der Waals surface area contributed by atoms with E-state index >= 15 is 0 Å². The molecule has 1 aliphatic rings. The van der Waals surface area contributed by atoms with E-state index < -0.39 is 24.0 Å². The molecular weight excluding hydrogens is 443 g/mol. The quantitative estimate of drug-likeness (QED) is 0.453. The highest BCUT2D eigenvalue weighted by atomic mass is 19.1. The van der Waals surface area contributed by atoms with Crippen molar-refractivity contribution in [2.45, 2.75) is 44.8 Å². The molecule has 184 valence electrons. The molecule has 2 aromatic carbocycles. The Kier molecular flexibility index (Phi) is 9.04. The molecule has 8 heteroatoms. The third kappa shape index (κ3) is 6.34. The van der Waals surface area contributed by atoms with E-state index in [1.165, 1.54) is 12.1 Å². The van der Waals surface area contributed by atoms with Crippen molar-refractivity contribution in [3.05, 3.63) is 53.4 Å². The van der Waals surface area contributed by atoms with Crippen molar-refractivity contribution >= 4 is 12.0 Å². The molecule has 2 atom stereocenters. The Balaban J connectivity index is 2.22. The lowest BCUT2D eigenvalue weighted by Crippen LogP contribution is -2.31. The van der Waals surface area contributed by atoms with Crippen LogP contribution in [0.1, 0.15) is 43.7 Å². The summed E-state index contributed by atoms with van der Waals surface area (Å²) in [5, 5.41) is 28.6. The second kappa shape index (κ2) is 12.0. The van der Waals surface area contributed by atoms with Gasteiger partial charge in [-0.05, 0) is 46.9 Å². The molecule has 0 saturated carbocycles. The monoisotopic (exact) mass is 474 g/mol. The number of rotatable bonds is 10. The van der Waals surface area contributed by atoms with Crippen LogP contribution in [0.3, 0.4) is 0 Å². The normalized spacial score (nSPS) is 18.4. The average molecular weight is 475 g/mol. The molecule has 0 aromatic heterocycles. The first-order valence-electron chi connectivity index (χ1n) is 11.3. The maximum absolute atomic E-state index is 13.7. The highest BCUT2D eigenvalue weighted by Crippen LogP contribution is 2.45. The maximum Gasteiger partial charge on any atom is 0.309 e. The summed E-state index contributed by atoms with van der Waals surface area (Å²) in [6.45, 7) is 3.64. The Morgan fingerprint density at radius 2 is 1.82 bits per heavy atom. The Morgan fingerprint density at radius 3 is 2.44 bits per heavy atom. The Labute approximate surface area is 198 Å². The van der Waals surface area contributed by atoms with E-state index in [0.29, 0.717) is 22.6 Å². The van der Waals surface area contributed by atoms with E-state index in [1.807, 2.05) is 26.0 Å². The molecule has 1 heterocycles. The molecule has 3 rings (SSSR count). The van der Waals surface area contributed by atoms with Crippen molar-refractivity contribution in [1.82, 2.24) is 0 Å². The van der Waals surface area contributed by atoms with Crippen molar-refractivity contribution in [3.63, 3.8) is 0 Å². The fraction of sp³-hybridized carbons (Fsp3) is 0.423. The number of cyclic esters (lactones) is 1. The highest BCUT2D eigenvalue weighted by molar-refractivity contribution is 5.85. The molecule has 1 saturated heterocycles. The standard InChI is InChI=1S/C26H31FO7/c1-16(2)22-15-23(32-11-9-28)26(33-12-10-29)25(17-3-5-18(27)6-4-17)21(22)8-7-20-13-19(30)14-24(31)34-20/h3-8,15-16,19-20,28-30H,9-14H2,1-2H3. The SMILES string of the molecule is CC(C)c1cc(OCCO)c(OCCO)c(-c2ccc(F)cc2)c1C=CC1CC(O)CC(=O)O1. The summed E-state index contributed by atoms with van der Waals surface area (Å²) in [4.78, 5) is 11.8. The van der Waals surface area contributed by atoms with Crippen LogP contribution in [-0.2, 0) is 9.53 Å². The van der Waals surface area contributed by atoms with Gasteiger partial charge in [0.1, 0.15) is 25.1 Å². The fourth-order valence-corrected chi connectivity index (χ4v) is 3.92. The second-order valence-electron chi connectivity index (χ2n) is 8.37. The lowest BCUT2D eigenvalue weighted by molar-refractivity contribution is -0.156. The van der Waals surface area contributed by atoms with Gasteiger partial charge < -0.3 is 29.5 Å². The zero-order valence-corrected chi connectivity index (χ0v) is 19.4. The summed E-state index contributed by atoms with van der Waals surface area (Å²) < 4.78 is 30.8. The lowest BCUT2D eigenvalue weighted by Gasteiger charge is -2.25. The molecule has 3 N–H and O–H groups in total. The molecule has 0 radical (unpaired) electrons. The Morgan fingerprint density at radius 1 is 1.15 bits per heavy atom. The van der Waals surface area contributed by atoms with E-state index in [-0.39, 0.29) is 45.2 Å². The summed E-state index contributed by atoms with van der Waals surface area (Å²) in [5.74, 6) is -0.0720. The van der Waals surface area contributed by atoms with Crippen LogP contribution in [0.5, 0.6) is 11.5 Å². The molecule has 0 amide bonds. The van der Waals surface area contributed by atoms with Crippen molar-refractivity contribution in [2.75, 3.05) is 26.4 Å². The predicted molar refractivity (Wildman–Crippen MR) is 125 cm³/mol. The largest absolute Gasteiger partial charge is 0.487 e. The molecule has 7 nitrogen and oxygen atoms in total. The van der Waals surface area contributed by atoms with Crippen LogP contribution in [0.25, 0.3) is 17.2 Å². The van der Waals surface area contributed by atoms with Crippen molar-refractivity contribution in [3.8, 4) is 22.6 Å².